The van der Waals surface area contributed by atoms with Crippen LogP contribution in [-0.4, -0.2) is 9.97 Å². The third-order valence-electron chi connectivity index (χ3n) is 2.10. The fourth-order valence-electron chi connectivity index (χ4n) is 1.43. The topological polar surface area (TPSA) is 51.8 Å². The summed E-state index contributed by atoms with van der Waals surface area (Å²) < 4.78 is 38.0. The number of aromatic nitrogens is 2. The van der Waals surface area contributed by atoms with Crippen molar-refractivity contribution in [3.63, 3.8) is 0 Å². The molecule has 90 valence electrons. The average Bonchev–Trinajstić information content (AvgIpc) is 2.63. The molecule has 0 saturated carbocycles. The number of nitrogens with zero attached hydrogens (tertiary/aromatic N) is 2. The normalized spacial score (nSPS) is 11.7. The second-order valence-corrected chi connectivity index (χ2v) is 4.50. The van der Waals surface area contributed by atoms with Gasteiger partial charge in [0.05, 0.1) is 0 Å². The summed E-state index contributed by atoms with van der Waals surface area (Å²) in [7, 11) is 0. The lowest BCUT2D eigenvalue weighted by Crippen LogP contribution is -2.11. The quantitative estimate of drug-likeness (QED) is 0.902. The molecule has 0 spiro atoms. The standard InChI is InChI=1S/C10H8F3N3S/c11-10(12,13)8-6(2-1-3-15-8)4-7-5-16-9(14)17-7/h1-3,5H,4H2,(H2,14,16). The number of halogens is 3. The van der Waals surface area contributed by atoms with Crippen molar-refractivity contribution in [2.24, 2.45) is 0 Å². The second kappa shape index (κ2) is 4.33. The minimum Gasteiger partial charge on any atom is -0.375 e. The van der Waals surface area contributed by atoms with Crippen molar-refractivity contribution in [2.75, 3.05) is 5.73 Å². The molecule has 2 heterocycles. The van der Waals surface area contributed by atoms with Crippen molar-refractivity contribution in [1.29, 1.82) is 0 Å². The van der Waals surface area contributed by atoms with Gasteiger partial charge < -0.3 is 5.73 Å². The van der Waals surface area contributed by atoms with Gasteiger partial charge in [-0.3, -0.25) is 4.98 Å². The number of hydrogen-bond acceptors (Lipinski definition) is 4. The van der Waals surface area contributed by atoms with Gasteiger partial charge in [-0.1, -0.05) is 6.07 Å². The maximum Gasteiger partial charge on any atom is 0.433 e. The maximum absolute atomic E-state index is 12.7. The molecule has 0 fully saturated rings. The van der Waals surface area contributed by atoms with Crippen LogP contribution in [0.3, 0.4) is 0 Å². The number of hydrogen-bond donors (Lipinski definition) is 1. The molecule has 0 aromatic carbocycles. The molecule has 0 saturated heterocycles. The van der Waals surface area contributed by atoms with Crippen molar-refractivity contribution in [2.45, 2.75) is 12.6 Å². The van der Waals surface area contributed by atoms with E-state index in [4.69, 9.17) is 5.73 Å². The minimum absolute atomic E-state index is 0.128. The van der Waals surface area contributed by atoms with E-state index >= 15 is 0 Å². The third kappa shape index (κ3) is 2.73. The summed E-state index contributed by atoms with van der Waals surface area (Å²) >= 11 is 1.17. The molecule has 0 radical (unpaired) electrons. The largest absolute Gasteiger partial charge is 0.433 e. The Morgan fingerprint density at radius 1 is 1.29 bits per heavy atom. The Balaban J connectivity index is 2.33. The van der Waals surface area contributed by atoms with E-state index in [1.54, 1.807) is 0 Å². The van der Waals surface area contributed by atoms with Crippen molar-refractivity contribution in [1.82, 2.24) is 9.97 Å². The van der Waals surface area contributed by atoms with E-state index < -0.39 is 11.9 Å². The summed E-state index contributed by atoms with van der Waals surface area (Å²) in [4.78, 5) is 7.86. The van der Waals surface area contributed by atoms with Gasteiger partial charge >= 0.3 is 6.18 Å². The maximum atomic E-state index is 12.7. The van der Waals surface area contributed by atoms with E-state index in [9.17, 15) is 13.2 Å². The number of anilines is 1. The molecule has 2 aromatic heterocycles. The van der Waals surface area contributed by atoms with E-state index in [2.05, 4.69) is 9.97 Å². The lowest BCUT2D eigenvalue weighted by molar-refractivity contribution is -0.141. The van der Waals surface area contributed by atoms with E-state index in [0.717, 1.165) is 6.20 Å². The van der Waals surface area contributed by atoms with Crippen LogP contribution in [0.1, 0.15) is 16.1 Å². The van der Waals surface area contributed by atoms with E-state index in [-0.39, 0.29) is 12.0 Å². The summed E-state index contributed by atoms with van der Waals surface area (Å²) in [6.45, 7) is 0. The SMILES string of the molecule is Nc1ncc(Cc2cccnc2C(F)(F)F)s1. The van der Waals surface area contributed by atoms with Gasteiger partial charge in [-0.05, 0) is 11.6 Å². The number of pyridine rings is 1. The van der Waals surface area contributed by atoms with Gasteiger partial charge in [0.25, 0.3) is 0 Å². The molecule has 0 unspecified atom stereocenters. The van der Waals surface area contributed by atoms with Gasteiger partial charge in [-0.15, -0.1) is 11.3 Å². The molecule has 0 aliphatic rings. The molecular weight excluding hydrogens is 251 g/mol. The van der Waals surface area contributed by atoms with E-state index in [1.165, 1.54) is 29.7 Å². The molecule has 17 heavy (non-hydrogen) atoms. The number of thiazole rings is 1. The van der Waals surface area contributed by atoms with Crippen LogP contribution < -0.4 is 5.73 Å². The smallest absolute Gasteiger partial charge is 0.375 e. The van der Waals surface area contributed by atoms with Crippen LogP contribution in [0.25, 0.3) is 0 Å². The number of nitrogen functional groups attached to an aromatic ring is 1. The van der Waals surface area contributed by atoms with Crippen LogP contribution in [-0.2, 0) is 12.6 Å². The number of nitrogens with two attached hydrogens (primary N) is 1. The highest BCUT2D eigenvalue weighted by molar-refractivity contribution is 7.15. The van der Waals surface area contributed by atoms with Gasteiger partial charge in [0.2, 0.25) is 0 Å². The van der Waals surface area contributed by atoms with Crippen molar-refractivity contribution in [3.8, 4) is 0 Å². The van der Waals surface area contributed by atoms with Crippen molar-refractivity contribution >= 4 is 16.5 Å². The predicted octanol–water partition coefficient (Wildman–Crippen LogP) is 2.73. The average molecular weight is 259 g/mol. The molecule has 7 heteroatoms. The van der Waals surface area contributed by atoms with Crippen LogP contribution in [0.4, 0.5) is 18.3 Å². The molecule has 0 amide bonds. The highest BCUT2D eigenvalue weighted by Gasteiger charge is 2.34. The predicted molar refractivity (Wildman–Crippen MR) is 58.6 cm³/mol. The zero-order valence-electron chi connectivity index (χ0n) is 8.53. The molecule has 2 aromatic rings. The lowest BCUT2D eigenvalue weighted by atomic mass is 10.1. The Morgan fingerprint density at radius 3 is 2.65 bits per heavy atom. The first kappa shape index (κ1) is 11.8. The highest BCUT2D eigenvalue weighted by atomic mass is 32.1. The molecular formula is C10H8F3N3S. The lowest BCUT2D eigenvalue weighted by Gasteiger charge is -2.10. The van der Waals surface area contributed by atoms with Crippen LogP contribution in [0.2, 0.25) is 0 Å². The zero-order valence-corrected chi connectivity index (χ0v) is 9.35. The molecule has 3 nitrogen and oxygen atoms in total. The van der Waals surface area contributed by atoms with Crippen LogP contribution in [0.15, 0.2) is 24.5 Å². The fraction of sp³-hybridized carbons (Fsp3) is 0.200. The van der Waals surface area contributed by atoms with Crippen LogP contribution in [0, 0.1) is 0 Å². The van der Waals surface area contributed by atoms with Gasteiger partial charge in [-0.25, -0.2) is 4.98 Å². The molecule has 0 aliphatic heterocycles. The van der Waals surface area contributed by atoms with Gasteiger partial charge in [0.1, 0.15) is 5.69 Å². The highest BCUT2D eigenvalue weighted by Crippen LogP contribution is 2.31. The van der Waals surface area contributed by atoms with Crippen molar-refractivity contribution < 1.29 is 13.2 Å². The first-order valence-electron chi connectivity index (χ1n) is 4.68. The first-order valence-corrected chi connectivity index (χ1v) is 5.50. The van der Waals surface area contributed by atoms with Gasteiger partial charge in [0.15, 0.2) is 5.13 Å². The summed E-state index contributed by atoms with van der Waals surface area (Å²) in [5, 5.41) is 0.345. The van der Waals surface area contributed by atoms with Crippen LogP contribution in [0.5, 0.6) is 0 Å². The summed E-state index contributed by atoms with van der Waals surface area (Å²) in [5.74, 6) is 0. The number of rotatable bonds is 2. The Kier molecular flexibility index (Phi) is 3.01. The zero-order chi connectivity index (χ0) is 12.5. The Morgan fingerprint density at radius 2 is 2.06 bits per heavy atom. The number of alkyl halides is 3. The summed E-state index contributed by atoms with van der Waals surface area (Å²) in [6.07, 6.45) is -1.69. The Hall–Kier alpha value is -1.63. The first-order chi connectivity index (χ1) is 7.97. The molecule has 0 bridgehead atoms. The van der Waals surface area contributed by atoms with E-state index in [1.807, 2.05) is 0 Å². The Labute approximate surface area is 99.1 Å². The fourth-order valence-corrected chi connectivity index (χ4v) is 2.14. The molecule has 0 atom stereocenters. The van der Waals surface area contributed by atoms with Gasteiger partial charge in [-0.2, -0.15) is 13.2 Å². The summed E-state index contributed by atoms with van der Waals surface area (Å²) in [6, 6.07) is 2.89. The van der Waals surface area contributed by atoms with Crippen molar-refractivity contribution in [3.05, 3.63) is 40.7 Å². The van der Waals surface area contributed by atoms with E-state index in [0.29, 0.717) is 10.0 Å². The third-order valence-corrected chi connectivity index (χ3v) is 2.92. The molecule has 0 aliphatic carbocycles. The minimum atomic E-state index is -4.44. The second-order valence-electron chi connectivity index (χ2n) is 3.35. The van der Waals surface area contributed by atoms with Gasteiger partial charge in [0, 0.05) is 23.7 Å². The molecule has 2 rings (SSSR count). The van der Waals surface area contributed by atoms with Crippen LogP contribution >= 0.6 is 11.3 Å². The summed E-state index contributed by atoms with van der Waals surface area (Å²) in [5.41, 5.74) is 4.70. The molecule has 2 N–H and O–H groups in total. The Bertz CT molecular complexity index is 522. The monoisotopic (exact) mass is 259 g/mol.